The number of aliphatic hydroxyl groups is 1. The molecule has 0 bridgehead atoms. The van der Waals surface area contributed by atoms with E-state index >= 15 is 0 Å². The van der Waals surface area contributed by atoms with Gasteiger partial charge in [0.25, 0.3) is 0 Å². The van der Waals surface area contributed by atoms with E-state index in [2.05, 4.69) is 15.2 Å². The second-order valence-corrected chi connectivity index (χ2v) is 6.71. The molecule has 1 saturated heterocycles. The van der Waals surface area contributed by atoms with Crippen molar-refractivity contribution in [2.75, 3.05) is 13.1 Å². The molecule has 1 unspecified atom stereocenters. The quantitative estimate of drug-likeness (QED) is 0.870. The van der Waals surface area contributed by atoms with Crippen LogP contribution in [0.25, 0.3) is 0 Å². The second-order valence-electron chi connectivity index (χ2n) is 6.71. The van der Waals surface area contributed by atoms with Crippen molar-refractivity contribution in [2.24, 2.45) is 0 Å². The maximum absolute atomic E-state index is 9.55. The van der Waals surface area contributed by atoms with Gasteiger partial charge in [0.2, 0.25) is 0 Å². The summed E-state index contributed by atoms with van der Waals surface area (Å²) in [6, 6.07) is 1.27. The molecule has 1 aromatic rings. The molecule has 2 aliphatic rings. The lowest BCUT2D eigenvalue weighted by Crippen LogP contribution is -2.41. The molecule has 5 nitrogen and oxygen atoms in total. The molecule has 1 N–H and O–H groups in total. The minimum absolute atomic E-state index is 0.451. The van der Waals surface area contributed by atoms with Crippen molar-refractivity contribution in [1.29, 1.82) is 0 Å². The third-order valence-electron chi connectivity index (χ3n) is 5.17. The standard InChI is InChI=1S/C16H28N4O/c1-13(21)16-12-20(18-17-16)15-8-10-19(11-9-15)14-6-4-2-3-5-7-14/h12-15,21H,2-11H2,1H3. The van der Waals surface area contributed by atoms with Gasteiger partial charge in [0.15, 0.2) is 0 Å². The van der Waals surface area contributed by atoms with Crippen molar-refractivity contribution in [3.63, 3.8) is 0 Å². The van der Waals surface area contributed by atoms with Crippen LogP contribution in [-0.4, -0.2) is 44.1 Å². The molecule has 1 aliphatic heterocycles. The number of aromatic nitrogens is 3. The van der Waals surface area contributed by atoms with Gasteiger partial charge < -0.3 is 10.0 Å². The van der Waals surface area contributed by atoms with E-state index in [0.29, 0.717) is 11.7 Å². The van der Waals surface area contributed by atoms with Crippen LogP contribution in [0.3, 0.4) is 0 Å². The van der Waals surface area contributed by atoms with Crippen LogP contribution in [0.5, 0.6) is 0 Å². The molecule has 1 atom stereocenters. The van der Waals surface area contributed by atoms with Crippen LogP contribution in [-0.2, 0) is 0 Å². The highest BCUT2D eigenvalue weighted by atomic mass is 16.3. The SMILES string of the molecule is CC(O)c1cn(C2CCN(C3CCCCCC3)CC2)nn1. The number of aliphatic hydroxyl groups excluding tert-OH is 1. The summed E-state index contributed by atoms with van der Waals surface area (Å²) >= 11 is 0. The Bertz CT molecular complexity index is 429. The number of hydrogen-bond donors (Lipinski definition) is 1. The summed E-state index contributed by atoms with van der Waals surface area (Å²) in [4.78, 5) is 2.70. The third-order valence-corrected chi connectivity index (χ3v) is 5.17. The van der Waals surface area contributed by atoms with Crippen molar-refractivity contribution < 1.29 is 5.11 Å². The highest BCUT2D eigenvalue weighted by molar-refractivity contribution is 4.97. The molecule has 5 heteroatoms. The van der Waals surface area contributed by atoms with E-state index in [4.69, 9.17) is 0 Å². The van der Waals surface area contributed by atoms with Gasteiger partial charge >= 0.3 is 0 Å². The Morgan fingerprint density at radius 2 is 1.71 bits per heavy atom. The smallest absolute Gasteiger partial charge is 0.111 e. The largest absolute Gasteiger partial charge is 0.387 e. The third kappa shape index (κ3) is 3.64. The Morgan fingerprint density at radius 1 is 1.05 bits per heavy atom. The molecular formula is C16H28N4O. The maximum Gasteiger partial charge on any atom is 0.111 e. The zero-order chi connectivity index (χ0) is 14.7. The predicted molar refractivity (Wildman–Crippen MR) is 82.0 cm³/mol. The zero-order valence-corrected chi connectivity index (χ0v) is 13.1. The van der Waals surface area contributed by atoms with Gasteiger partial charge in [-0.2, -0.15) is 0 Å². The van der Waals surface area contributed by atoms with Crippen molar-refractivity contribution >= 4 is 0 Å². The highest BCUT2D eigenvalue weighted by Gasteiger charge is 2.27. The van der Waals surface area contributed by atoms with Gasteiger partial charge in [-0.1, -0.05) is 30.9 Å². The molecule has 3 rings (SSSR count). The fourth-order valence-electron chi connectivity index (χ4n) is 3.80. The average Bonchev–Trinajstić information content (AvgIpc) is 2.84. The Morgan fingerprint density at radius 3 is 2.29 bits per heavy atom. The lowest BCUT2D eigenvalue weighted by atomic mass is 10.00. The molecule has 21 heavy (non-hydrogen) atoms. The van der Waals surface area contributed by atoms with E-state index in [1.54, 1.807) is 6.92 Å². The summed E-state index contributed by atoms with van der Waals surface area (Å²) in [7, 11) is 0. The number of piperidine rings is 1. The summed E-state index contributed by atoms with van der Waals surface area (Å²) in [6.45, 7) is 4.10. The maximum atomic E-state index is 9.55. The molecule has 0 aromatic carbocycles. The van der Waals surface area contributed by atoms with Crippen LogP contribution < -0.4 is 0 Å². The van der Waals surface area contributed by atoms with Gasteiger partial charge in [-0.3, -0.25) is 0 Å². The first kappa shape index (κ1) is 15.0. The van der Waals surface area contributed by atoms with Gasteiger partial charge in [0.1, 0.15) is 5.69 Å². The lowest BCUT2D eigenvalue weighted by Gasteiger charge is -2.37. The fraction of sp³-hybridized carbons (Fsp3) is 0.875. The van der Waals surface area contributed by atoms with Gasteiger partial charge in [0, 0.05) is 19.1 Å². The fourth-order valence-corrected chi connectivity index (χ4v) is 3.80. The van der Waals surface area contributed by atoms with Crippen LogP contribution in [0.1, 0.15) is 76.1 Å². The topological polar surface area (TPSA) is 54.2 Å². The Hall–Kier alpha value is -0.940. The van der Waals surface area contributed by atoms with E-state index in [9.17, 15) is 5.11 Å². The minimum Gasteiger partial charge on any atom is -0.387 e. The van der Waals surface area contributed by atoms with E-state index in [1.165, 1.54) is 51.6 Å². The molecule has 2 heterocycles. The molecular weight excluding hydrogens is 264 g/mol. The van der Waals surface area contributed by atoms with Crippen LogP contribution in [0, 0.1) is 0 Å². The zero-order valence-electron chi connectivity index (χ0n) is 13.1. The summed E-state index contributed by atoms with van der Waals surface area (Å²) in [5.74, 6) is 0. The average molecular weight is 292 g/mol. The molecule has 2 fully saturated rings. The van der Waals surface area contributed by atoms with Crippen LogP contribution >= 0.6 is 0 Å². The van der Waals surface area contributed by atoms with Crippen molar-refractivity contribution in [3.05, 3.63) is 11.9 Å². The number of rotatable bonds is 3. The number of hydrogen-bond acceptors (Lipinski definition) is 4. The van der Waals surface area contributed by atoms with Crippen molar-refractivity contribution in [2.45, 2.75) is 76.5 Å². The summed E-state index contributed by atoms with van der Waals surface area (Å²) in [6.07, 6.45) is 12.1. The first-order valence-electron chi connectivity index (χ1n) is 8.58. The highest BCUT2D eigenvalue weighted by Crippen LogP contribution is 2.28. The molecule has 0 spiro atoms. The lowest BCUT2D eigenvalue weighted by molar-refractivity contribution is 0.119. The molecule has 1 aromatic heterocycles. The molecule has 0 radical (unpaired) electrons. The van der Waals surface area contributed by atoms with Crippen molar-refractivity contribution in [3.8, 4) is 0 Å². The summed E-state index contributed by atoms with van der Waals surface area (Å²) < 4.78 is 1.96. The van der Waals surface area contributed by atoms with Crippen molar-refractivity contribution in [1.82, 2.24) is 19.9 Å². The minimum atomic E-state index is -0.523. The van der Waals surface area contributed by atoms with E-state index in [1.807, 2.05) is 10.9 Å². The predicted octanol–water partition coefficient (Wildman–Crippen LogP) is 2.69. The van der Waals surface area contributed by atoms with Crippen LogP contribution in [0.15, 0.2) is 6.20 Å². The van der Waals surface area contributed by atoms with Gasteiger partial charge in [-0.25, -0.2) is 4.68 Å². The Kier molecular flexibility index (Phi) is 4.91. The molecule has 1 aliphatic carbocycles. The Labute approximate surface area is 127 Å². The molecule has 1 saturated carbocycles. The summed E-state index contributed by atoms with van der Waals surface area (Å²) in [5.41, 5.74) is 0.682. The number of likely N-dealkylation sites (tertiary alicyclic amines) is 1. The normalized spacial score (nSPS) is 24.9. The Balaban J connectivity index is 1.54. The van der Waals surface area contributed by atoms with Gasteiger partial charge in [-0.15, -0.1) is 5.10 Å². The van der Waals surface area contributed by atoms with E-state index < -0.39 is 6.10 Å². The van der Waals surface area contributed by atoms with Crippen LogP contribution in [0.4, 0.5) is 0 Å². The summed E-state index contributed by atoms with van der Waals surface area (Å²) in [5, 5.41) is 17.8. The first-order chi connectivity index (χ1) is 10.2. The second kappa shape index (κ2) is 6.88. The number of nitrogens with zero attached hydrogens (tertiary/aromatic N) is 4. The van der Waals surface area contributed by atoms with Gasteiger partial charge in [0.05, 0.1) is 18.3 Å². The van der Waals surface area contributed by atoms with Crippen LogP contribution in [0.2, 0.25) is 0 Å². The van der Waals surface area contributed by atoms with E-state index in [-0.39, 0.29) is 0 Å². The molecule has 118 valence electrons. The monoisotopic (exact) mass is 292 g/mol. The first-order valence-corrected chi connectivity index (χ1v) is 8.58. The van der Waals surface area contributed by atoms with Gasteiger partial charge in [-0.05, 0) is 32.6 Å². The van der Waals surface area contributed by atoms with E-state index in [0.717, 1.165) is 18.9 Å². The molecule has 0 amide bonds.